The molecule has 0 amide bonds. The molecular formula is C28H52. The average molecular weight is 389 g/mol. The molecule has 0 bridgehead atoms. The van der Waals surface area contributed by atoms with Gasteiger partial charge in [-0.25, -0.2) is 0 Å². The Hall–Kier alpha value is 0. The second-order valence-electron chi connectivity index (χ2n) is 13.0. The molecule has 3 saturated carbocycles. The van der Waals surface area contributed by atoms with Gasteiger partial charge in [0, 0.05) is 0 Å². The molecule has 6 unspecified atom stereocenters. The van der Waals surface area contributed by atoms with Crippen LogP contribution in [0, 0.1) is 58.7 Å². The number of hydrogen-bond acceptors (Lipinski definition) is 0. The first-order valence-electron chi connectivity index (χ1n) is 13.2. The minimum Gasteiger partial charge on any atom is -0.0651 e. The Balaban J connectivity index is 1.56. The zero-order chi connectivity index (χ0) is 20.5. The zero-order valence-electron chi connectivity index (χ0n) is 20.5. The molecule has 0 radical (unpaired) electrons. The van der Waals surface area contributed by atoms with Crippen LogP contribution < -0.4 is 0 Å². The van der Waals surface area contributed by atoms with E-state index in [0.717, 1.165) is 53.3 Å². The molecular weight excluding hydrogens is 336 g/mol. The van der Waals surface area contributed by atoms with E-state index < -0.39 is 0 Å². The van der Waals surface area contributed by atoms with Gasteiger partial charge >= 0.3 is 0 Å². The van der Waals surface area contributed by atoms with Gasteiger partial charge < -0.3 is 0 Å². The highest BCUT2D eigenvalue weighted by atomic mass is 14.5. The molecule has 0 aromatic rings. The van der Waals surface area contributed by atoms with Crippen molar-refractivity contribution in [2.45, 2.75) is 119 Å². The predicted octanol–water partition coefficient (Wildman–Crippen LogP) is 8.99. The van der Waals surface area contributed by atoms with Crippen LogP contribution in [0.15, 0.2) is 0 Å². The average Bonchev–Trinajstić information content (AvgIpc) is 2.93. The lowest BCUT2D eigenvalue weighted by molar-refractivity contribution is 0.0420. The van der Waals surface area contributed by atoms with E-state index in [1.165, 1.54) is 38.5 Å². The molecule has 0 aliphatic heterocycles. The standard InChI is InChI=1S/C28H52/c1-8-23-16-22(17-26-14-20(3)13-21(26)4)10-12-24(23)18-25-11-9-19(2)15-27(25)28(5,6)7/h19-27H,8-18H2,1-7H3/t19?,20?,21-,22?,23-,24?,25-,26?,27?/m1/s1. The zero-order valence-corrected chi connectivity index (χ0v) is 20.5. The summed E-state index contributed by atoms with van der Waals surface area (Å²) in [5, 5.41) is 0. The van der Waals surface area contributed by atoms with Crippen LogP contribution in [-0.2, 0) is 0 Å². The molecule has 0 spiro atoms. The largest absolute Gasteiger partial charge is 0.0651 e. The van der Waals surface area contributed by atoms with Crippen LogP contribution in [-0.4, -0.2) is 0 Å². The molecule has 0 aromatic heterocycles. The van der Waals surface area contributed by atoms with Crippen molar-refractivity contribution in [2.24, 2.45) is 58.7 Å². The fraction of sp³-hybridized carbons (Fsp3) is 1.00. The van der Waals surface area contributed by atoms with Gasteiger partial charge in [-0.15, -0.1) is 0 Å². The SMILES string of the molecule is CC[C@@H]1CC(CC2CC(C)C[C@H]2C)CCC1C[C@H]1CCC(C)CC1C(C)(C)C. The Morgan fingerprint density at radius 2 is 1.36 bits per heavy atom. The third kappa shape index (κ3) is 5.57. The molecule has 0 heterocycles. The van der Waals surface area contributed by atoms with E-state index in [1.54, 1.807) is 32.1 Å². The fourth-order valence-corrected chi connectivity index (χ4v) is 8.05. The molecule has 3 aliphatic rings. The van der Waals surface area contributed by atoms with Crippen LogP contribution in [0.2, 0.25) is 0 Å². The molecule has 0 aromatic carbocycles. The van der Waals surface area contributed by atoms with Gasteiger partial charge in [-0.2, -0.15) is 0 Å². The first-order valence-corrected chi connectivity index (χ1v) is 13.2. The van der Waals surface area contributed by atoms with Gasteiger partial charge in [0.05, 0.1) is 0 Å². The summed E-state index contributed by atoms with van der Waals surface area (Å²) >= 11 is 0. The van der Waals surface area contributed by atoms with E-state index in [0.29, 0.717) is 5.41 Å². The number of hydrogen-bond donors (Lipinski definition) is 0. The molecule has 9 atom stereocenters. The quantitative estimate of drug-likeness (QED) is 0.440. The van der Waals surface area contributed by atoms with Crippen LogP contribution in [0.4, 0.5) is 0 Å². The Bertz CT molecular complexity index is 471. The van der Waals surface area contributed by atoms with Crippen molar-refractivity contribution in [3.05, 3.63) is 0 Å². The summed E-state index contributed by atoms with van der Waals surface area (Å²) in [5.74, 6) is 9.02. The molecule has 0 saturated heterocycles. The van der Waals surface area contributed by atoms with Gasteiger partial charge in [0.15, 0.2) is 0 Å². The van der Waals surface area contributed by atoms with Crippen molar-refractivity contribution in [1.29, 1.82) is 0 Å². The van der Waals surface area contributed by atoms with Crippen molar-refractivity contribution in [1.82, 2.24) is 0 Å². The molecule has 3 aliphatic carbocycles. The minimum absolute atomic E-state index is 0.494. The van der Waals surface area contributed by atoms with Gasteiger partial charge in [0.2, 0.25) is 0 Å². The van der Waals surface area contributed by atoms with E-state index in [4.69, 9.17) is 0 Å². The van der Waals surface area contributed by atoms with Crippen molar-refractivity contribution in [2.75, 3.05) is 0 Å². The van der Waals surface area contributed by atoms with Gasteiger partial charge in [0.25, 0.3) is 0 Å². The maximum absolute atomic E-state index is 2.54. The van der Waals surface area contributed by atoms with Crippen LogP contribution in [0.3, 0.4) is 0 Å². The van der Waals surface area contributed by atoms with Crippen molar-refractivity contribution < 1.29 is 0 Å². The summed E-state index contributed by atoms with van der Waals surface area (Å²) in [4.78, 5) is 0. The van der Waals surface area contributed by atoms with E-state index >= 15 is 0 Å². The van der Waals surface area contributed by atoms with Crippen LogP contribution in [0.1, 0.15) is 119 Å². The van der Waals surface area contributed by atoms with E-state index in [-0.39, 0.29) is 0 Å². The van der Waals surface area contributed by atoms with Crippen molar-refractivity contribution in [3.8, 4) is 0 Å². The highest BCUT2D eigenvalue weighted by Gasteiger charge is 2.40. The lowest BCUT2D eigenvalue weighted by Crippen LogP contribution is -2.36. The molecule has 164 valence electrons. The van der Waals surface area contributed by atoms with E-state index in [2.05, 4.69) is 48.5 Å². The summed E-state index contributed by atoms with van der Waals surface area (Å²) < 4.78 is 0. The van der Waals surface area contributed by atoms with E-state index in [9.17, 15) is 0 Å². The second-order valence-corrected chi connectivity index (χ2v) is 13.0. The monoisotopic (exact) mass is 388 g/mol. The Labute approximate surface area is 178 Å². The van der Waals surface area contributed by atoms with Crippen molar-refractivity contribution >= 4 is 0 Å². The number of rotatable bonds is 5. The summed E-state index contributed by atoms with van der Waals surface area (Å²) in [6.07, 6.45) is 16.7. The predicted molar refractivity (Wildman–Crippen MR) is 124 cm³/mol. The molecule has 28 heavy (non-hydrogen) atoms. The lowest BCUT2D eigenvalue weighted by Gasteiger charge is -2.46. The van der Waals surface area contributed by atoms with Gasteiger partial charge in [-0.1, -0.05) is 67.7 Å². The minimum atomic E-state index is 0.494. The Kier molecular flexibility index (Phi) is 7.64. The highest BCUT2D eigenvalue weighted by molar-refractivity contribution is 4.90. The highest BCUT2D eigenvalue weighted by Crippen LogP contribution is 2.50. The van der Waals surface area contributed by atoms with Crippen molar-refractivity contribution in [3.63, 3.8) is 0 Å². The maximum atomic E-state index is 2.54. The summed E-state index contributed by atoms with van der Waals surface area (Å²) in [6.45, 7) is 17.6. The van der Waals surface area contributed by atoms with E-state index in [1.807, 2.05) is 0 Å². The van der Waals surface area contributed by atoms with Gasteiger partial charge in [-0.3, -0.25) is 0 Å². The van der Waals surface area contributed by atoms with Crippen LogP contribution in [0.25, 0.3) is 0 Å². The second kappa shape index (κ2) is 9.43. The molecule has 0 N–H and O–H groups in total. The summed E-state index contributed by atoms with van der Waals surface area (Å²) in [5.41, 5.74) is 0.494. The normalized spacial score (nSPS) is 45.3. The third-order valence-electron chi connectivity index (χ3n) is 9.67. The van der Waals surface area contributed by atoms with Crippen LogP contribution in [0.5, 0.6) is 0 Å². The Morgan fingerprint density at radius 3 is 1.96 bits per heavy atom. The fourth-order valence-electron chi connectivity index (χ4n) is 8.05. The van der Waals surface area contributed by atoms with Gasteiger partial charge in [0.1, 0.15) is 0 Å². The molecule has 0 nitrogen and oxygen atoms in total. The first-order chi connectivity index (χ1) is 13.2. The summed E-state index contributed by atoms with van der Waals surface area (Å²) in [7, 11) is 0. The molecule has 3 fully saturated rings. The third-order valence-corrected chi connectivity index (χ3v) is 9.67. The Morgan fingerprint density at radius 1 is 0.643 bits per heavy atom. The molecule has 0 heteroatoms. The smallest absolute Gasteiger partial charge is 0.0334 e. The maximum Gasteiger partial charge on any atom is -0.0334 e. The first kappa shape index (κ1) is 22.7. The molecule has 3 rings (SSSR count). The van der Waals surface area contributed by atoms with Gasteiger partial charge in [-0.05, 0) is 110 Å². The summed E-state index contributed by atoms with van der Waals surface area (Å²) in [6, 6.07) is 0. The lowest BCUT2D eigenvalue weighted by atomic mass is 9.59. The van der Waals surface area contributed by atoms with Crippen LogP contribution >= 0.6 is 0 Å². The topological polar surface area (TPSA) is 0 Å².